The van der Waals surface area contributed by atoms with E-state index in [1.54, 1.807) is 12.1 Å². The van der Waals surface area contributed by atoms with Crippen molar-refractivity contribution in [3.05, 3.63) is 71.3 Å². The summed E-state index contributed by atoms with van der Waals surface area (Å²) in [7, 11) is 0. The minimum absolute atomic E-state index is 0.177. The number of allylic oxidation sites excluding steroid dienone is 1. The molecule has 42 heavy (non-hydrogen) atoms. The number of hydrogen-bond acceptors (Lipinski definition) is 4. The van der Waals surface area contributed by atoms with E-state index in [0.29, 0.717) is 13.0 Å². The van der Waals surface area contributed by atoms with Gasteiger partial charge in [0.15, 0.2) is 0 Å². The van der Waals surface area contributed by atoms with Crippen LogP contribution in [0.25, 0.3) is 6.08 Å². The van der Waals surface area contributed by atoms with E-state index in [-0.39, 0.29) is 17.9 Å². The Bertz CT molecular complexity index is 1050. The summed E-state index contributed by atoms with van der Waals surface area (Å²) in [4.78, 5) is 24.8. The summed E-state index contributed by atoms with van der Waals surface area (Å²) in [5, 5.41) is 18.2. The highest BCUT2D eigenvalue weighted by Crippen LogP contribution is 2.24. The molecule has 1 unspecified atom stereocenters. The zero-order chi connectivity index (χ0) is 30.4. The van der Waals surface area contributed by atoms with Gasteiger partial charge in [0.1, 0.15) is 5.75 Å². The molecule has 0 saturated carbocycles. The Labute approximate surface area is 253 Å². The van der Waals surface area contributed by atoms with Crippen LogP contribution in [0, 0.1) is 5.92 Å². The van der Waals surface area contributed by atoms with Crippen LogP contribution in [0.1, 0.15) is 112 Å². The van der Waals surface area contributed by atoms with Gasteiger partial charge in [-0.05, 0) is 101 Å². The number of carboxylic acid groups (broad SMARTS) is 2. The molecule has 0 aliphatic rings. The summed E-state index contributed by atoms with van der Waals surface area (Å²) in [6.07, 6.45) is 17.4. The van der Waals surface area contributed by atoms with Gasteiger partial charge in [0.2, 0.25) is 0 Å². The minimum atomic E-state index is -0.931. The molecule has 0 heterocycles. The lowest BCUT2D eigenvalue weighted by Gasteiger charge is -2.22. The first-order valence-electron chi connectivity index (χ1n) is 16.1. The molecular formula is C36H53NO5. The Hall–Kier alpha value is -3.12. The van der Waals surface area contributed by atoms with E-state index in [1.807, 2.05) is 30.3 Å². The number of benzene rings is 2. The monoisotopic (exact) mass is 579 g/mol. The third-order valence-corrected chi connectivity index (χ3v) is 7.66. The molecule has 0 fully saturated rings. The van der Waals surface area contributed by atoms with Gasteiger partial charge < -0.3 is 19.8 Å². The molecule has 0 amide bonds. The minimum Gasteiger partial charge on any atom is -0.493 e. The fourth-order valence-corrected chi connectivity index (χ4v) is 5.12. The smallest absolute Gasteiger partial charge is 0.335 e. The van der Waals surface area contributed by atoms with Crippen LogP contribution < -0.4 is 4.74 Å². The van der Waals surface area contributed by atoms with Crippen molar-refractivity contribution in [3.8, 4) is 5.75 Å². The van der Waals surface area contributed by atoms with Gasteiger partial charge in [-0.1, -0.05) is 82.0 Å². The van der Waals surface area contributed by atoms with Gasteiger partial charge in [0.25, 0.3) is 0 Å². The summed E-state index contributed by atoms with van der Waals surface area (Å²) in [6, 6.07) is 15.1. The quantitative estimate of drug-likeness (QED) is 0.121. The van der Waals surface area contributed by atoms with Crippen molar-refractivity contribution in [2.75, 3.05) is 26.2 Å². The SMILES string of the molecule is CCCCCN(CCCC)CCCCCOc1ccccc1/C=C/C(CCCCC(=O)O)Cc1ccc(C(=O)O)cc1. The first kappa shape index (κ1) is 35.1. The van der Waals surface area contributed by atoms with E-state index in [2.05, 4.69) is 37.0 Å². The van der Waals surface area contributed by atoms with Gasteiger partial charge in [-0.2, -0.15) is 0 Å². The lowest BCUT2D eigenvalue weighted by atomic mass is 9.92. The Morgan fingerprint density at radius 3 is 2.19 bits per heavy atom. The van der Waals surface area contributed by atoms with Crippen molar-refractivity contribution >= 4 is 18.0 Å². The van der Waals surface area contributed by atoms with Gasteiger partial charge >= 0.3 is 11.9 Å². The lowest BCUT2D eigenvalue weighted by Crippen LogP contribution is -2.27. The molecule has 0 aliphatic heterocycles. The van der Waals surface area contributed by atoms with Gasteiger partial charge in [-0.25, -0.2) is 4.79 Å². The predicted octanol–water partition coefficient (Wildman–Crippen LogP) is 8.74. The maximum Gasteiger partial charge on any atom is 0.335 e. The molecule has 1 atom stereocenters. The molecule has 2 N–H and O–H groups in total. The number of aliphatic carboxylic acids is 1. The molecule has 0 bridgehead atoms. The third kappa shape index (κ3) is 15.2. The molecule has 2 aromatic carbocycles. The number of para-hydroxylation sites is 1. The normalized spacial score (nSPS) is 12.2. The molecular weight excluding hydrogens is 526 g/mol. The first-order chi connectivity index (χ1) is 20.4. The Morgan fingerprint density at radius 1 is 0.810 bits per heavy atom. The predicted molar refractivity (Wildman–Crippen MR) is 172 cm³/mol. The summed E-state index contributed by atoms with van der Waals surface area (Å²) in [5.74, 6) is -0.610. The van der Waals surface area contributed by atoms with E-state index in [0.717, 1.165) is 49.0 Å². The van der Waals surface area contributed by atoms with E-state index in [1.165, 1.54) is 58.2 Å². The summed E-state index contributed by atoms with van der Waals surface area (Å²) in [6.45, 7) is 8.83. The zero-order valence-electron chi connectivity index (χ0n) is 25.9. The molecule has 0 aromatic heterocycles. The van der Waals surface area contributed by atoms with Crippen molar-refractivity contribution in [1.82, 2.24) is 4.90 Å². The van der Waals surface area contributed by atoms with E-state index >= 15 is 0 Å². The van der Waals surface area contributed by atoms with Crippen LogP contribution in [0.3, 0.4) is 0 Å². The van der Waals surface area contributed by atoms with Gasteiger partial charge in [-0.3, -0.25) is 4.79 Å². The van der Waals surface area contributed by atoms with Crippen LogP contribution in [-0.4, -0.2) is 53.3 Å². The molecule has 0 saturated heterocycles. The topological polar surface area (TPSA) is 87.1 Å². The highest BCUT2D eigenvalue weighted by molar-refractivity contribution is 5.87. The molecule has 6 nitrogen and oxygen atoms in total. The fourth-order valence-electron chi connectivity index (χ4n) is 5.12. The summed E-state index contributed by atoms with van der Waals surface area (Å²) < 4.78 is 6.21. The summed E-state index contributed by atoms with van der Waals surface area (Å²) >= 11 is 0. The fraction of sp³-hybridized carbons (Fsp3) is 0.556. The first-order valence-corrected chi connectivity index (χ1v) is 16.1. The van der Waals surface area contributed by atoms with Crippen LogP contribution in [0.4, 0.5) is 0 Å². The average molecular weight is 580 g/mol. The Balaban J connectivity index is 1.91. The van der Waals surface area contributed by atoms with Crippen LogP contribution in [-0.2, 0) is 11.2 Å². The van der Waals surface area contributed by atoms with Crippen LogP contribution in [0.5, 0.6) is 5.75 Å². The largest absolute Gasteiger partial charge is 0.493 e. The van der Waals surface area contributed by atoms with E-state index in [9.17, 15) is 14.7 Å². The van der Waals surface area contributed by atoms with E-state index in [4.69, 9.17) is 9.84 Å². The number of rotatable bonds is 24. The van der Waals surface area contributed by atoms with Gasteiger partial charge in [-0.15, -0.1) is 0 Å². The summed E-state index contributed by atoms with van der Waals surface area (Å²) in [5.41, 5.74) is 2.38. The maximum absolute atomic E-state index is 11.2. The maximum atomic E-state index is 11.2. The molecule has 232 valence electrons. The molecule has 2 aromatic rings. The highest BCUT2D eigenvalue weighted by atomic mass is 16.5. The number of hydrogen-bond donors (Lipinski definition) is 2. The second-order valence-corrected chi connectivity index (χ2v) is 11.3. The van der Waals surface area contributed by atoms with Crippen molar-refractivity contribution in [3.63, 3.8) is 0 Å². The van der Waals surface area contributed by atoms with Crippen molar-refractivity contribution < 1.29 is 24.5 Å². The second-order valence-electron chi connectivity index (χ2n) is 11.3. The van der Waals surface area contributed by atoms with Crippen molar-refractivity contribution in [2.24, 2.45) is 5.92 Å². The van der Waals surface area contributed by atoms with Crippen LogP contribution >= 0.6 is 0 Å². The van der Waals surface area contributed by atoms with Crippen LogP contribution in [0.15, 0.2) is 54.6 Å². The second kappa shape index (κ2) is 21.6. The van der Waals surface area contributed by atoms with Crippen molar-refractivity contribution in [2.45, 2.75) is 97.3 Å². The zero-order valence-corrected chi connectivity index (χ0v) is 25.9. The number of aromatic carboxylic acids is 1. The molecule has 0 aliphatic carbocycles. The van der Waals surface area contributed by atoms with E-state index < -0.39 is 11.9 Å². The van der Waals surface area contributed by atoms with Crippen molar-refractivity contribution in [1.29, 1.82) is 0 Å². The molecule has 0 radical (unpaired) electrons. The Morgan fingerprint density at radius 2 is 1.50 bits per heavy atom. The number of carboxylic acids is 2. The Kier molecular flexibility index (Phi) is 18.0. The number of nitrogens with zero attached hydrogens (tertiary/aromatic N) is 1. The highest BCUT2D eigenvalue weighted by Gasteiger charge is 2.10. The number of unbranched alkanes of at least 4 members (excludes halogenated alkanes) is 6. The molecule has 0 spiro atoms. The standard InChI is InChI=1S/C36H53NO5/c1-3-5-12-26-37(25-6-4-2)27-13-7-14-28-42-34-17-10-9-16-32(34)22-19-30(15-8-11-18-35(38)39)29-31-20-23-33(24-21-31)36(40)41/h9-10,16-17,19-24,30H,3-8,11-15,18,25-29H2,1-2H3,(H,38,39)(H,40,41)/b22-19+. The van der Waals surface area contributed by atoms with Gasteiger partial charge in [0, 0.05) is 12.0 Å². The number of ether oxygens (including phenoxy) is 1. The number of carbonyl (C=O) groups is 2. The third-order valence-electron chi connectivity index (χ3n) is 7.66. The molecule has 2 rings (SSSR count). The lowest BCUT2D eigenvalue weighted by molar-refractivity contribution is -0.137. The molecule has 6 heteroatoms. The van der Waals surface area contributed by atoms with Gasteiger partial charge in [0.05, 0.1) is 12.2 Å². The van der Waals surface area contributed by atoms with Crippen LogP contribution in [0.2, 0.25) is 0 Å². The average Bonchev–Trinajstić information content (AvgIpc) is 2.98.